The molecule has 5 nitrogen and oxygen atoms in total. The molecule has 0 radical (unpaired) electrons. The summed E-state index contributed by atoms with van der Waals surface area (Å²) >= 11 is 0. The molecule has 1 amide bonds. The SMILES string of the molecule is C[C@](O)(c1ccc(Nc2cc(-c3c(F)cccc3F)nc3c2C(=O)NC3)cc1)C(F)(F)F. The van der Waals surface area contributed by atoms with Crippen LogP contribution in [0.3, 0.4) is 0 Å². The first kappa shape index (κ1) is 21.7. The van der Waals surface area contributed by atoms with Gasteiger partial charge in [-0.3, -0.25) is 4.79 Å². The number of fused-ring (bicyclic) bond motifs is 1. The van der Waals surface area contributed by atoms with Crippen molar-refractivity contribution in [3.63, 3.8) is 0 Å². The average Bonchev–Trinajstić information content (AvgIpc) is 3.08. The molecule has 0 bridgehead atoms. The number of rotatable bonds is 4. The molecule has 0 aliphatic carbocycles. The maximum Gasteiger partial charge on any atom is 0.421 e. The smallest absolute Gasteiger partial charge is 0.376 e. The molecule has 0 saturated heterocycles. The fraction of sp³-hybridized carbons (Fsp3) is 0.182. The topological polar surface area (TPSA) is 74.2 Å². The second-order valence-electron chi connectivity index (χ2n) is 7.43. The first-order valence-electron chi connectivity index (χ1n) is 9.42. The lowest BCUT2D eigenvalue weighted by atomic mass is 9.95. The molecule has 2 heterocycles. The molecule has 32 heavy (non-hydrogen) atoms. The van der Waals surface area contributed by atoms with Gasteiger partial charge in [-0.2, -0.15) is 13.2 Å². The Morgan fingerprint density at radius 2 is 1.66 bits per heavy atom. The number of nitrogens with zero attached hydrogens (tertiary/aromatic N) is 1. The summed E-state index contributed by atoms with van der Waals surface area (Å²) in [5.74, 6) is -2.12. The van der Waals surface area contributed by atoms with Crippen molar-refractivity contribution in [3.8, 4) is 11.3 Å². The zero-order chi connectivity index (χ0) is 23.3. The van der Waals surface area contributed by atoms with Crippen LogP contribution < -0.4 is 10.6 Å². The van der Waals surface area contributed by atoms with Crippen LogP contribution in [0.2, 0.25) is 0 Å². The van der Waals surface area contributed by atoms with Gasteiger partial charge in [-0.15, -0.1) is 0 Å². The highest BCUT2D eigenvalue weighted by molar-refractivity contribution is 6.04. The van der Waals surface area contributed by atoms with Gasteiger partial charge < -0.3 is 15.7 Å². The van der Waals surface area contributed by atoms with E-state index in [4.69, 9.17) is 0 Å². The summed E-state index contributed by atoms with van der Waals surface area (Å²) in [6.45, 7) is 0.699. The summed E-state index contributed by atoms with van der Waals surface area (Å²) < 4.78 is 67.7. The largest absolute Gasteiger partial charge is 0.421 e. The van der Waals surface area contributed by atoms with Gasteiger partial charge in [0.2, 0.25) is 0 Å². The molecule has 1 aliphatic rings. The maximum absolute atomic E-state index is 14.3. The number of aliphatic hydroxyl groups is 1. The van der Waals surface area contributed by atoms with E-state index in [2.05, 4.69) is 15.6 Å². The minimum Gasteiger partial charge on any atom is -0.376 e. The van der Waals surface area contributed by atoms with Crippen LogP contribution in [-0.4, -0.2) is 22.2 Å². The number of benzene rings is 2. The van der Waals surface area contributed by atoms with Gasteiger partial charge >= 0.3 is 6.18 Å². The van der Waals surface area contributed by atoms with Gasteiger partial charge in [-0.1, -0.05) is 18.2 Å². The van der Waals surface area contributed by atoms with Crippen molar-refractivity contribution < 1.29 is 31.9 Å². The molecule has 0 fully saturated rings. The summed E-state index contributed by atoms with van der Waals surface area (Å²) in [5.41, 5.74) is -2.92. The number of halogens is 5. The van der Waals surface area contributed by atoms with E-state index < -0.39 is 29.3 Å². The van der Waals surface area contributed by atoms with Crippen molar-refractivity contribution in [3.05, 3.63) is 77.0 Å². The predicted molar refractivity (Wildman–Crippen MR) is 106 cm³/mol. The summed E-state index contributed by atoms with van der Waals surface area (Å²) in [6, 6.07) is 9.43. The van der Waals surface area contributed by atoms with E-state index in [9.17, 15) is 31.9 Å². The van der Waals surface area contributed by atoms with Crippen molar-refractivity contribution in [1.29, 1.82) is 0 Å². The number of amides is 1. The molecular weight excluding hydrogens is 433 g/mol. The molecule has 0 saturated carbocycles. The van der Waals surface area contributed by atoms with E-state index in [0.29, 0.717) is 12.6 Å². The van der Waals surface area contributed by atoms with Crippen LogP contribution in [0.5, 0.6) is 0 Å². The first-order chi connectivity index (χ1) is 15.0. The molecule has 0 spiro atoms. The molecule has 1 aliphatic heterocycles. The van der Waals surface area contributed by atoms with E-state index >= 15 is 0 Å². The molecule has 2 aromatic carbocycles. The Kier molecular flexibility index (Phi) is 5.12. The highest BCUT2D eigenvalue weighted by Gasteiger charge is 2.51. The van der Waals surface area contributed by atoms with E-state index in [0.717, 1.165) is 24.3 Å². The standard InChI is InChI=1S/C22H16F5N3O2/c1-21(32,22(25,26)27)11-5-7-12(8-6-11)29-16-9-15(18-13(23)3-2-4-14(18)24)30-17-10-28-20(31)19(16)17/h2-9,32H,10H2,1H3,(H,28,31)(H,29,30)/t21-/m0/s1. The van der Waals surface area contributed by atoms with Crippen molar-refractivity contribution in [2.45, 2.75) is 25.2 Å². The fourth-order valence-corrected chi connectivity index (χ4v) is 3.40. The summed E-state index contributed by atoms with van der Waals surface area (Å²) in [5, 5.41) is 15.3. The number of carbonyl (C=O) groups is 1. The van der Waals surface area contributed by atoms with Gasteiger partial charge in [0.25, 0.3) is 5.91 Å². The van der Waals surface area contributed by atoms with Crippen LogP contribution in [0, 0.1) is 11.6 Å². The van der Waals surface area contributed by atoms with Crippen molar-refractivity contribution in [1.82, 2.24) is 10.3 Å². The molecule has 10 heteroatoms. The lowest BCUT2D eigenvalue weighted by molar-refractivity contribution is -0.258. The van der Waals surface area contributed by atoms with Crippen molar-refractivity contribution in [2.24, 2.45) is 0 Å². The number of carbonyl (C=O) groups excluding carboxylic acids is 1. The van der Waals surface area contributed by atoms with Crippen LogP contribution in [0.1, 0.15) is 28.5 Å². The summed E-state index contributed by atoms with van der Waals surface area (Å²) in [6.07, 6.45) is -4.87. The normalized spacial score (nSPS) is 15.2. The zero-order valence-corrected chi connectivity index (χ0v) is 16.5. The second-order valence-corrected chi connectivity index (χ2v) is 7.43. The lowest BCUT2D eigenvalue weighted by Crippen LogP contribution is -2.39. The summed E-state index contributed by atoms with van der Waals surface area (Å²) in [4.78, 5) is 16.5. The van der Waals surface area contributed by atoms with Gasteiger partial charge in [0, 0.05) is 5.69 Å². The molecule has 1 atom stereocenters. The van der Waals surface area contributed by atoms with Crippen LogP contribution in [0.4, 0.5) is 33.3 Å². The van der Waals surface area contributed by atoms with Gasteiger partial charge in [0.05, 0.1) is 34.7 Å². The Hall–Kier alpha value is -3.53. The molecule has 3 N–H and O–H groups in total. The average molecular weight is 449 g/mol. The predicted octanol–water partition coefficient (Wildman–Crippen LogP) is 4.78. The molecule has 3 aromatic rings. The third kappa shape index (κ3) is 3.66. The molecule has 1 aromatic heterocycles. The van der Waals surface area contributed by atoms with E-state index in [1.54, 1.807) is 0 Å². The molecule has 166 valence electrons. The number of anilines is 2. The number of hydrogen-bond donors (Lipinski definition) is 3. The molecular formula is C22H16F5N3O2. The highest BCUT2D eigenvalue weighted by Crippen LogP contribution is 2.39. The first-order valence-corrected chi connectivity index (χ1v) is 9.42. The van der Waals surface area contributed by atoms with Crippen molar-refractivity contribution in [2.75, 3.05) is 5.32 Å². The van der Waals surface area contributed by atoms with Crippen LogP contribution >= 0.6 is 0 Å². The van der Waals surface area contributed by atoms with E-state index in [-0.39, 0.29) is 40.3 Å². The number of alkyl halides is 3. The van der Waals surface area contributed by atoms with Gasteiger partial charge in [-0.05, 0) is 42.8 Å². The van der Waals surface area contributed by atoms with Crippen LogP contribution in [-0.2, 0) is 12.1 Å². The quantitative estimate of drug-likeness (QED) is 0.501. The maximum atomic E-state index is 14.3. The van der Waals surface area contributed by atoms with E-state index in [1.165, 1.54) is 24.3 Å². The Balaban J connectivity index is 1.74. The van der Waals surface area contributed by atoms with Gasteiger partial charge in [0.15, 0.2) is 5.60 Å². The third-order valence-electron chi connectivity index (χ3n) is 5.23. The van der Waals surface area contributed by atoms with Crippen LogP contribution in [0.15, 0.2) is 48.5 Å². The van der Waals surface area contributed by atoms with Gasteiger partial charge in [-0.25, -0.2) is 13.8 Å². The Morgan fingerprint density at radius 3 is 2.25 bits per heavy atom. The molecule has 4 rings (SSSR count). The van der Waals surface area contributed by atoms with Gasteiger partial charge in [0.1, 0.15) is 11.6 Å². The Labute approximate surface area is 178 Å². The Morgan fingerprint density at radius 1 is 1.03 bits per heavy atom. The molecule has 0 unspecified atom stereocenters. The highest BCUT2D eigenvalue weighted by atomic mass is 19.4. The Bertz CT molecular complexity index is 1190. The monoisotopic (exact) mass is 449 g/mol. The zero-order valence-electron chi connectivity index (χ0n) is 16.5. The number of nitrogens with one attached hydrogen (secondary N) is 2. The number of hydrogen-bond acceptors (Lipinski definition) is 4. The minimum atomic E-state index is -4.87. The third-order valence-corrected chi connectivity index (χ3v) is 5.23. The fourth-order valence-electron chi connectivity index (χ4n) is 3.40. The second kappa shape index (κ2) is 7.56. The van der Waals surface area contributed by atoms with Crippen molar-refractivity contribution >= 4 is 17.3 Å². The van der Waals surface area contributed by atoms with E-state index in [1.807, 2.05) is 0 Å². The van der Waals surface area contributed by atoms with Crippen LogP contribution in [0.25, 0.3) is 11.3 Å². The lowest BCUT2D eigenvalue weighted by Gasteiger charge is -2.26. The number of pyridine rings is 1. The minimum absolute atomic E-state index is 0.0463. The summed E-state index contributed by atoms with van der Waals surface area (Å²) in [7, 11) is 0. The number of aromatic nitrogens is 1.